The average molecular weight is 356 g/mol. The predicted octanol–water partition coefficient (Wildman–Crippen LogP) is 2.69. The van der Waals surface area contributed by atoms with Crippen molar-refractivity contribution in [3.63, 3.8) is 0 Å². The second kappa shape index (κ2) is 6.13. The highest BCUT2D eigenvalue weighted by Crippen LogP contribution is 2.59. The van der Waals surface area contributed by atoms with Crippen LogP contribution >= 0.6 is 0 Å². The quantitative estimate of drug-likeness (QED) is 0.718. The number of nitrogens with one attached hydrogen (secondary N) is 1. The SMILES string of the molecule is Oc1c2c(c(O)n1CCNCC1COc3ccccc3O1)[C@H]1CC[C@@H]2C1. The van der Waals surface area contributed by atoms with Crippen LogP contribution in [0.2, 0.25) is 0 Å². The van der Waals surface area contributed by atoms with Crippen molar-refractivity contribution in [3.05, 3.63) is 35.4 Å². The molecule has 3 atom stereocenters. The van der Waals surface area contributed by atoms with Crippen molar-refractivity contribution < 1.29 is 19.7 Å². The van der Waals surface area contributed by atoms with Crippen LogP contribution in [-0.4, -0.2) is 40.6 Å². The first kappa shape index (κ1) is 15.9. The zero-order chi connectivity index (χ0) is 17.7. The minimum absolute atomic E-state index is 0.0439. The van der Waals surface area contributed by atoms with Gasteiger partial charge in [-0.15, -0.1) is 0 Å². The van der Waals surface area contributed by atoms with Gasteiger partial charge in [-0.25, -0.2) is 0 Å². The Morgan fingerprint density at radius 1 is 1.04 bits per heavy atom. The third kappa shape index (κ3) is 2.43. The highest BCUT2D eigenvalue weighted by Gasteiger charge is 2.43. The Morgan fingerprint density at radius 3 is 2.46 bits per heavy atom. The Hall–Kier alpha value is -2.34. The fourth-order valence-corrected chi connectivity index (χ4v) is 4.77. The molecular formula is C20H24N2O4. The summed E-state index contributed by atoms with van der Waals surface area (Å²) in [7, 11) is 0. The van der Waals surface area contributed by atoms with Crippen LogP contribution in [0.4, 0.5) is 0 Å². The number of para-hydroxylation sites is 2. The van der Waals surface area contributed by atoms with Crippen LogP contribution in [0.5, 0.6) is 23.3 Å². The highest BCUT2D eigenvalue weighted by atomic mass is 16.6. The van der Waals surface area contributed by atoms with E-state index in [4.69, 9.17) is 9.47 Å². The lowest BCUT2D eigenvalue weighted by Crippen LogP contribution is -2.39. The number of aromatic hydroxyl groups is 2. The van der Waals surface area contributed by atoms with Crippen molar-refractivity contribution in [1.29, 1.82) is 0 Å². The number of rotatable bonds is 5. The third-order valence-electron chi connectivity index (χ3n) is 5.98. The van der Waals surface area contributed by atoms with Gasteiger partial charge < -0.3 is 25.0 Å². The Bertz CT molecular complexity index is 798. The monoisotopic (exact) mass is 356 g/mol. The van der Waals surface area contributed by atoms with E-state index in [0.29, 0.717) is 38.1 Å². The molecule has 2 aromatic rings. The molecule has 1 fully saturated rings. The van der Waals surface area contributed by atoms with Crippen LogP contribution < -0.4 is 14.8 Å². The molecule has 1 aromatic carbocycles. The van der Waals surface area contributed by atoms with Gasteiger partial charge in [0.05, 0.1) is 0 Å². The van der Waals surface area contributed by atoms with Gasteiger partial charge in [-0.1, -0.05) is 12.1 Å². The average Bonchev–Trinajstić information content (AvgIpc) is 3.34. The molecule has 5 rings (SSSR count). The Kier molecular flexibility index (Phi) is 3.74. The van der Waals surface area contributed by atoms with Gasteiger partial charge in [0.1, 0.15) is 12.7 Å². The van der Waals surface area contributed by atoms with Gasteiger partial charge in [0, 0.05) is 30.8 Å². The van der Waals surface area contributed by atoms with E-state index in [1.54, 1.807) is 4.57 Å². The van der Waals surface area contributed by atoms with Crippen LogP contribution in [0.15, 0.2) is 24.3 Å². The van der Waals surface area contributed by atoms with E-state index in [1.807, 2.05) is 24.3 Å². The zero-order valence-corrected chi connectivity index (χ0v) is 14.6. The van der Waals surface area contributed by atoms with Crippen molar-refractivity contribution in [1.82, 2.24) is 9.88 Å². The number of fused-ring (bicyclic) bond motifs is 6. The number of benzene rings is 1. The maximum atomic E-state index is 10.5. The molecule has 1 aliphatic heterocycles. The molecule has 6 heteroatoms. The molecule has 1 saturated carbocycles. The van der Waals surface area contributed by atoms with E-state index in [1.165, 1.54) is 0 Å². The van der Waals surface area contributed by atoms with E-state index < -0.39 is 0 Å². The Labute approximate surface area is 152 Å². The van der Waals surface area contributed by atoms with E-state index in [0.717, 1.165) is 41.9 Å². The summed E-state index contributed by atoms with van der Waals surface area (Å²) >= 11 is 0. The fraction of sp³-hybridized carbons (Fsp3) is 0.500. The first-order valence-corrected chi connectivity index (χ1v) is 9.45. The third-order valence-corrected chi connectivity index (χ3v) is 5.98. The summed E-state index contributed by atoms with van der Waals surface area (Å²) in [5.41, 5.74) is 2.00. The fourth-order valence-electron chi connectivity index (χ4n) is 4.77. The van der Waals surface area contributed by atoms with Crippen LogP contribution in [0.25, 0.3) is 0 Å². The van der Waals surface area contributed by atoms with Crippen LogP contribution in [-0.2, 0) is 6.54 Å². The summed E-state index contributed by atoms with van der Waals surface area (Å²) in [6.45, 7) is 2.35. The number of nitrogens with zero attached hydrogens (tertiary/aromatic N) is 1. The summed E-state index contributed by atoms with van der Waals surface area (Å²) < 4.78 is 13.3. The number of ether oxygens (including phenoxy) is 2. The smallest absolute Gasteiger partial charge is 0.197 e. The molecule has 138 valence electrons. The molecule has 3 N–H and O–H groups in total. The molecule has 0 saturated heterocycles. The predicted molar refractivity (Wildman–Crippen MR) is 96.3 cm³/mol. The minimum atomic E-state index is -0.0439. The molecular weight excluding hydrogens is 332 g/mol. The molecule has 1 unspecified atom stereocenters. The van der Waals surface area contributed by atoms with Gasteiger partial charge in [-0.2, -0.15) is 0 Å². The molecule has 2 aliphatic carbocycles. The van der Waals surface area contributed by atoms with Gasteiger partial charge in [-0.3, -0.25) is 4.57 Å². The molecule has 0 radical (unpaired) electrons. The number of aromatic nitrogens is 1. The van der Waals surface area contributed by atoms with Gasteiger partial charge in [0.2, 0.25) is 0 Å². The van der Waals surface area contributed by atoms with Crippen molar-refractivity contribution in [2.75, 3.05) is 19.7 Å². The first-order valence-electron chi connectivity index (χ1n) is 9.45. The first-order chi connectivity index (χ1) is 12.7. The molecule has 3 aliphatic rings. The lowest BCUT2D eigenvalue weighted by molar-refractivity contribution is 0.0903. The minimum Gasteiger partial charge on any atom is -0.494 e. The molecule has 1 aromatic heterocycles. The normalized spacial score (nSPS) is 25.5. The van der Waals surface area contributed by atoms with Gasteiger partial charge >= 0.3 is 0 Å². The van der Waals surface area contributed by atoms with E-state index in [-0.39, 0.29) is 17.9 Å². The summed E-state index contributed by atoms with van der Waals surface area (Å²) in [5.74, 6) is 2.95. The van der Waals surface area contributed by atoms with E-state index >= 15 is 0 Å². The second-order valence-corrected chi connectivity index (χ2v) is 7.53. The molecule has 6 nitrogen and oxygen atoms in total. The molecule has 0 spiro atoms. The number of hydrogen-bond acceptors (Lipinski definition) is 5. The van der Waals surface area contributed by atoms with Gasteiger partial charge in [0.25, 0.3) is 0 Å². The maximum Gasteiger partial charge on any atom is 0.197 e. The molecule has 26 heavy (non-hydrogen) atoms. The van der Waals surface area contributed by atoms with Crippen molar-refractivity contribution >= 4 is 0 Å². The lowest BCUT2D eigenvalue weighted by atomic mass is 9.95. The molecule has 2 bridgehead atoms. The summed E-state index contributed by atoms with van der Waals surface area (Å²) in [5, 5.41) is 24.4. The Balaban J connectivity index is 1.18. The number of hydrogen-bond donors (Lipinski definition) is 3. The largest absolute Gasteiger partial charge is 0.494 e. The lowest BCUT2D eigenvalue weighted by Gasteiger charge is -2.26. The van der Waals surface area contributed by atoms with Crippen LogP contribution in [0, 0.1) is 0 Å². The van der Waals surface area contributed by atoms with E-state index in [9.17, 15) is 10.2 Å². The summed E-state index contributed by atoms with van der Waals surface area (Å²) in [4.78, 5) is 0. The van der Waals surface area contributed by atoms with Crippen molar-refractivity contribution in [2.24, 2.45) is 0 Å². The zero-order valence-electron chi connectivity index (χ0n) is 14.6. The van der Waals surface area contributed by atoms with Crippen LogP contribution in [0.1, 0.15) is 42.2 Å². The molecule has 2 heterocycles. The summed E-state index contributed by atoms with van der Waals surface area (Å²) in [6, 6.07) is 7.68. The van der Waals surface area contributed by atoms with Crippen LogP contribution in [0.3, 0.4) is 0 Å². The van der Waals surface area contributed by atoms with Gasteiger partial charge in [-0.05, 0) is 43.2 Å². The van der Waals surface area contributed by atoms with Crippen molar-refractivity contribution in [3.8, 4) is 23.3 Å². The topological polar surface area (TPSA) is 75.9 Å². The summed E-state index contributed by atoms with van der Waals surface area (Å²) in [6.07, 6.45) is 3.31. The highest BCUT2D eigenvalue weighted by molar-refractivity contribution is 5.54. The van der Waals surface area contributed by atoms with E-state index in [2.05, 4.69) is 5.32 Å². The Morgan fingerprint density at radius 2 is 1.73 bits per heavy atom. The molecule has 0 amide bonds. The van der Waals surface area contributed by atoms with Gasteiger partial charge in [0.15, 0.2) is 23.3 Å². The maximum absolute atomic E-state index is 10.5. The standard InChI is InChI=1S/C20H24N2O4/c23-19-17-12-5-6-13(9-12)18(17)20(24)22(19)8-7-21-10-14-11-25-15-3-1-2-4-16(15)26-14/h1-4,12-14,21,23-24H,5-11H2/t12-,13+,14?. The van der Waals surface area contributed by atoms with Crippen molar-refractivity contribution in [2.45, 2.75) is 43.7 Å². The second-order valence-electron chi connectivity index (χ2n) is 7.53.